The molecule has 1 unspecified atom stereocenters. The highest BCUT2D eigenvalue weighted by Crippen LogP contribution is 2.19. The summed E-state index contributed by atoms with van der Waals surface area (Å²) in [5.41, 5.74) is 0.908. The summed E-state index contributed by atoms with van der Waals surface area (Å²) in [5.74, 6) is 1.04. The smallest absolute Gasteiger partial charge is 0.157 e. The molecule has 5 heteroatoms. The molecule has 5 nitrogen and oxygen atoms in total. The molecule has 1 aliphatic heterocycles. The summed E-state index contributed by atoms with van der Waals surface area (Å²) in [6.45, 7) is 2.24. The third-order valence-corrected chi connectivity index (χ3v) is 3.70. The van der Waals surface area contributed by atoms with Gasteiger partial charge in [0.1, 0.15) is 5.82 Å². The van der Waals surface area contributed by atoms with Gasteiger partial charge in [-0.3, -0.25) is 0 Å². The van der Waals surface area contributed by atoms with Crippen molar-refractivity contribution in [1.29, 1.82) is 0 Å². The Hall–Kier alpha value is -1.62. The standard InChI is InChI=1S/C13H19N5/c1-17(11-3-2-7-14-8-4-11)12-6-10-18-13(16-12)5-9-15-18/h5-6,9-11,14H,2-4,7-8H2,1H3. The summed E-state index contributed by atoms with van der Waals surface area (Å²) < 4.78 is 1.80. The van der Waals surface area contributed by atoms with Crippen molar-refractivity contribution in [2.24, 2.45) is 0 Å². The van der Waals surface area contributed by atoms with E-state index in [1.807, 2.05) is 18.3 Å². The van der Waals surface area contributed by atoms with E-state index in [4.69, 9.17) is 0 Å². The van der Waals surface area contributed by atoms with Crippen LogP contribution in [0.25, 0.3) is 5.65 Å². The lowest BCUT2D eigenvalue weighted by Gasteiger charge is -2.28. The molecule has 0 saturated carbocycles. The molecule has 3 rings (SSSR count). The Morgan fingerprint density at radius 3 is 3.22 bits per heavy atom. The van der Waals surface area contributed by atoms with E-state index in [0.717, 1.165) is 24.6 Å². The van der Waals surface area contributed by atoms with Gasteiger partial charge >= 0.3 is 0 Å². The first kappa shape index (κ1) is 11.5. The highest BCUT2D eigenvalue weighted by molar-refractivity contribution is 5.47. The van der Waals surface area contributed by atoms with Crippen molar-refractivity contribution in [2.75, 3.05) is 25.0 Å². The third kappa shape index (κ3) is 2.18. The molecule has 18 heavy (non-hydrogen) atoms. The van der Waals surface area contributed by atoms with Crippen molar-refractivity contribution in [3.8, 4) is 0 Å². The number of hydrogen-bond acceptors (Lipinski definition) is 4. The predicted octanol–water partition coefficient (Wildman–Crippen LogP) is 1.31. The van der Waals surface area contributed by atoms with E-state index in [0.29, 0.717) is 6.04 Å². The third-order valence-electron chi connectivity index (χ3n) is 3.70. The van der Waals surface area contributed by atoms with Crippen LogP contribution in [0.15, 0.2) is 24.5 Å². The topological polar surface area (TPSA) is 45.5 Å². The van der Waals surface area contributed by atoms with Gasteiger partial charge in [-0.2, -0.15) is 5.10 Å². The van der Waals surface area contributed by atoms with Gasteiger partial charge in [-0.05, 0) is 38.4 Å². The lowest BCUT2D eigenvalue weighted by molar-refractivity contribution is 0.562. The molecule has 0 aromatic carbocycles. The van der Waals surface area contributed by atoms with Crippen LogP contribution < -0.4 is 10.2 Å². The van der Waals surface area contributed by atoms with Crippen LogP contribution in [0.4, 0.5) is 5.82 Å². The SMILES string of the molecule is CN(c1ccn2nccc2n1)C1CCCNCC1. The molecule has 1 aliphatic rings. The molecule has 0 spiro atoms. The van der Waals surface area contributed by atoms with Gasteiger partial charge in [0.05, 0.1) is 6.20 Å². The van der Waals surface area contributed by atoms with Gasteiger partial charge in [-0.1, -0.05) is 0 Å². The maximum atomic E-state index is 4.65. The maximum absolute atomic E-state index is 4.65. The van der Waals surface area contributed by atoms with E-state index < -0.39 is 0 Å². The van der Waals surface area contributed by atoms with Crippen molar-refractivity contribution in [3.63, 3.8) is 0 Å². The second kappa shape index (κ2) is 4.94. The predicted molar refractivity (Wildman–Crippen MR) is 71.9 cm³/mol. The van der Waals surface area contributed by atoms with Crippen LogP contribution in [0.3, 0.4) is 0 Å². The molecule has 1 N–H and O–H groups in total. The molecule has 0 aliphatic carbocycles. The van der Waals surface area contributed by atoms with Gasteiger partial charge in [0, 0.05) is 25.4 Å². The molecule has 1 atom stereocenters. The lowest BCUT2D eigenvalue weighted by atomic mass is 10.1. The number of fused-ring (bicyclic) bond motifs is 1. The molecular weight excluding hydrogens is 226 g/mol. The largest absolute Gasteiger partial charge is 0.357 e. The minimum Gasteiger partial charge on any atom is -0.357 e. The van der Waals surface area contributed by atoms with Gasteiger partial charge in [0.15, 0.2) is 5.65 Å². The van der Waals surface area contributed by atoms with Crippen molar-refractivity contribution in [1.82, 2.24) is 19.9 Å². The summed E-state index contributed by atoms with van der Waals surface area (Å²) in [6.07, 6.45) is 7.41. The number of anilines is 1. The Bertz CT molecular complexity index is 513. The highest BCUT2D eigenvalue weighted by Gasteiger charge is 2.18. The molecule has 0 radical (unpaired) electrons. The maximum Gasteiger partial charge on any atom is 0.157 e. The second-order valence-corrected chi connectivity index (χ2v) is 4.87. The van der Waals surface area contributed by atoms with Crippen LogP contribution in [0, 0.1) is 0 Å². The van der Waals surface area contributed by atoms with Crippen molar-refractivity contribution in [3.05, 3.63) is 24.5 Å². The van der Waals surface area contributed by atoms with Crippen LogP contribution in [-0.2, 0) is 0 Å². The van der Waals surface area contributed by atoms with Crippen molar-refractivity contribution >= 4 is 11.5 Å². The van der Waals surface area contributed by atoms with Crippen molar-refractivity contribution < 1.29 is 0 Å². The highest BCUT2D eigenvalue weighted by atomic mass is 15.3. The fraction of sp³-hybridized carbons (Fsp3) is 0.538. The first-order valence-electron chi connectivity index (χ1n) is 6.58. The van der Waals surface area contributed by atoms with E-state index >= 15 is 0 Å². The van der Waals surface area contributed by atoms with Crippen LogP contribution >= 0.6 is 0 Å². The molecule has 0 amide bonds. The van der Waals surface area contributed by atoms with Crippen LogP contribution in [0.2, 0.25) is 0 Å². The molecule has 1 saturated heterocycles. The number of aromatic nitrogens is 3. The quantitative estimate of drug-likeness (QED) is 0.866. The Balaban J connectivity index is 1.83. The van der Waals surface area contributed by atoms with E-state index in [1.165, 1.54) is 19.3 Å². The average molecular weight is 245 g/mol. The van der Waals surface area contributed by atoms with E-state index in [2.05, 4.69) is 27.3 Å². The monoisotopic (exact) mass is 245 g/mol. The zero-order valence-electron chi connectivity index (χ0n) is 10.7. The number of hydrogen-bond donors (Lipinski definition) is 1. The summed E-state index contributed by atoms with van der Waals surface area (Å²) >= 11 is 0. The normalized spacial score (nSPS) is 20.8. The number of nitrogens with zero attached hydrogens (tertiary/aromatic N) is 4. The minimum atomic E-state index is 0.581. The van der Waals surface area contributed by atoms with E-state index in [1.54, 1.807) is 10.7 Å². The van der Waals surface area contributed by atoms with E-state index in [-0.39, 0.29) is 0 Å². The molecule has 0 bridgehead atoms. The number of rotatable bonds is 2. The van der Waals surface area contributed by atoms with E-state index in [9.17, 15) is 0 Å². The average Bonchev–Trinajstić information content (AvgIpc) is 2.69. The minimum absolute atomic E-state index is 0.581. The van der Waals surface area contributed by atoms with Gasteiger partial charge in [-0.25, -0.2) is 9.50 Å². The summed E-state index contributed by atoms with van der Waals surface area (Å²) in [5, 5.41) is 7.62. The molecule has 1 fully saturated rings. The number of nitrogens with one attached hydrogen (secondary N) is 1. The molecule has 2 aromatic rings. The lowest BCUT2D eigenvalue weighted by Crippen LogP contribution is -2.33. The first-order valence-corrected chi connectivity index (χ1v) is 6.58. The second-order valence-electron chi connectivity index (χ2n) is 4.87. The van der Waals surface area contributed by atoms with Crippen molar-refractivity contribution in [2.45, 2.75) is 25.3 Å². The molecular formula is C13H19N5. The summed E-state index contributed by atoms with van der Waals surface area (Å²) in [6, 6.07) is 4.56. The Morgan fingerprint density at radius 1 is 1.33 bits per heavy atom. The van der Waals surface area contributed by atoms with Crippen LogP contribution in [0.1, 0.15) is 19.3 Å². The van der Waals surface area contributed by atoms with Gasteiger partial charge < -0.3 is 10.2 Å². The first-order chi connectivity index (χ1) is 8.84. The fourth-order valence-corrected chi connectivity index (χ4v) is 2.57. The van der Waals surface area contributed by atoms with Gasteiger partial charge in [0.2, 0.25) is 0 Å². The summed E-state index contributed by atoms with van der Waals surface area (Å²) in [4.78, 5) is 6.95. The van der Waals surface area contributed by atoms with Crippen LogP contribution in [0.5, 0.6) is 0 Å². The van der Waals surface area contributed by atoms with Crippen LogP contribution in [-0.4, -0.2) is 40.8 Å². The Morgan fingerprint density at radius 2 is 2.28 bits per heavy atom. The fourth-order valence-electron chi connectivity index (χ4n) is 2.57. The zero-order valence-corrected chi connectivity index (χ0v) is 10.7. The zero-order chi connectivity index (χ0) is 12.4. The molecule has 2 aromatic heterocycles. The molecule has 96 valence electrons. The Kier molecular flexibility index (Phi) is 3.15. The Labute approximate surface area is 107 Å². The molecule has 3 heterocycles. The van der Waals surface area contributed by atoms with Gasteiger partial charge in [0.25, 0.3) is 0 Å². The summed E-state index contributed by atoms with van der Waals surface area (Å²) in [7, 11) is 2.14. The van der Waals surface area contributed by atoms with Gasteiger partial charge in [-0.15, -0.1) is 0 Å².